The monoisotopic (exact) mass is 916 g/mol. The Morgan fingerprint density at radius 3 is 1.78 bits per heavy atom. The highest BCUT2D eigenvalue weighted by Gasteiger charge is 2.26. The molecular formula is C52H64N6O9. The number of carbonyl (C=O) groups is 4. The predicted molar refractivity (Wildman–Crippen MR) is 260 cm³/mol. The van der Waals surface area contributed by atoms with Gasteiger partial charge in [-0.25, -0.2) is 9.97 Å². The zero-order valence-electron chi connectivity index (χ0n) is 39.1. The number of pyridine rings is 2. The summed E-state index contributed by atoms with van der Waals surface area (Å²) in [6.45, 7) is 17.2. The summed E-state index contributed by atoms with van der Waals surface area (Å²) in [5, 5.41) is 3.75. The van der Waals surface area contributed by atoms with Crippen LogP contribution in [0.1, 0.15) is 102 Å². The van der Waals surface area contributed by atoms with Crippen molar-refractivity contribution in [2.45, 2.75) is 62.3 Å². The number of imidazole rings is 2. The van der Waals surface area contributed by atoms with E-state index in [-0.39, 0.29) is 30.7 Å². The molecule has 7 rings (SSSR count). The lowest BCUT2D eigenvalue weighted by molar-refractivity contribution is 0.000169. The van der Waals surface area contributed by atoms with Crippen LogP contribution in [0.3, 0.4) is 0 Å². The smallest absolute Gasteiger partial charge is 0.272 e. The predicted octanol–water partition coefficient (Wildman–Crippen LogP) is 9.30. The minimum absolute atomic E-state index is 0. The molecule has 2 aromatic carbocycles. The number of aromatic amines is 1. The van der Waals surface area contributed by atoms with Crippen LogP contribution >= 0.6 is 0 Å². The average Bonchev–Trinajstić information content (AvgIpc) is 4.02. The molecular weight excluding hydrogens is 853 g/mol. The van der Waals surface area contributed by atoms with Gasteiger partial charge in [-0.1, -0.05) is 84.9 Å². The van der Waals surface area contributed by atoms with E-state index >= 15 is 0 Å². The molecule has 7 aromatic rings. The molecule has 0 aliphatic heterocycles. The first-order valence-corrected chi connectivity index (χ1v) is 21.9. The van der Waals surface area contributed by atoms with Crippen LogP contribution in [-0.2, 0) is 25.4 Å². The molecule has 0 unspecified atom stereocenters. The van der Waals surface area contributed by atoms with Crippen LogP contribution in [0.15, 0.2) is 97.6 Å². The van der Waals surface area contributed by atoms with Crippen LogP contribution in [0, 0.1) is 17.8 Å². The van der Waals surface area contributed by atoms with Crippen molar-refractivity contribution in [3.63, 3.8) is 0 Å². The molecule has 1 amide bonds. The van der Waals surface area contributed by atoms with E-state index in [2.05, 4.69) is 20.3 Å². The maximum atomic E-state index is 13.0. The van der Waals surface area contributed by atoms with Crippen molar-refractivity contribution in [1.82, 2.24) is 23.8 Å². The van der Waals surface area contributed by atoms with E-state index in [0.717, 1.165) is 22.0 Å². The summed E-state index contributed by atoms with van der Waals surface area (Å²) in [4.78, 5) is 62.3. The molecule has 0 saturated heterocycles. The molecule has 5 aromatic heterocycles. The second-order valence-electron chi connectivity index (χ2n) is 17.9. The van der Waals surface area contributed by atoms with Crippen molar-refractivity contribution in [3.05, 3.63) is 131 Å². The van der Waals surface area contributed by atoms with Crippen molar-refractivity contribution < 1.29 is 42.9 Å². The Balaban J connectivity index is 0.000000276. The molecule has 0 atom stereocenters. The van der Waals surface area contributed by atoms with Gasteiger partial charge in [0.15, 0.2) is 17.3 Å². The zero-order valence-corrected chi connectivity index (χ0v) is 39.1. The van der Waals surface area contributed by atoms with Crippen molar-refractivity contribution >= 4 is 51.1 Å². The highest BCUT2D eigenvalue weighted by molar-refractivity contribution is 6.06. The summed E-state index contributed by atoms with van der Waals surface area (Å²) in [5.41, 5.74) is 5.74. The molecule has 0 radical (unpaired) electrons. The molecule has 0 bridgehead atoms. The number of rotatable bonds is 20. The Kier molecular flexibility index (Phi) is 17.9. The van der Waals surface area contributed by atoms with Crippen molar-refractivity contribution in [1.29, 1.82) is 0 Å². The fourth-order valence-corrected chi connectivity index (χ4v) is 6.65. The third kappa shape index (κ3) is 14.5. The van der Waals surface area contributed by atoms with Gasteiger partial charge < -0.3 is 42.8 Å². The summed E-state index contributed by atoms with van der Waals surface area (Å²) < 4.78 is 30.6. The number of hydrogen-bond acceptors (Lipinski definition) is 11. The van der Waals surface area contributed by atoms with Crippen LogP contribution in [0.5, 0.6) is 5.75 Å². The number of carbonyl (C=O) groups excluding carboxylic acids is 4. The van der Waals surface area contributed by atoms with Crippen molar-refractivity contribution in [2.75, 3.05) is 65.3 Å². The highest BCUT2D eigenvalue weighted by Crippen LogP contribution is 2.25. The molecule has 15 heteroatoms. The van der Waals surface area contributed by atoms with Crippen molar-refractivity contribution in [3.8, 4) is 5.75 Å². The minimum Gasteiger partial charge on any atom is -0.491 e. The van der Waals surface area contributed by atoms with Gasteiger partial charge in [0.1, 0.15) is 40.7 Å². The largest absolute Gasteiger partial charge is 0.491 e. The molecule has 0 spiro atoms. The highest BCUT2D eigenvalue weighted by atomic mass is 16.6. The number of ketones is 3. The number of nitrogens with zero attached hydrogens (tertiary/aromatic N) is 4. The van der Waals surface area contributed by atoms with Gasteiger partial charge in [-0.05, 0) is 55.0 Å². The quantitative estimate of drug-likeness (QED) is 0.0550. The molecule has 0 fully saturated rings. The topological polar surface area (TPSA) is 177 Å². The number of H-pyrrole nitrogens is 1. The van der Waals surface area contributed by atoms with Gasteiger partial charge in [-0.3, -0.25) is 19.2 Å². The molecule has 15 nitrogen and oxygen atoms in total. The van der Waals surface area contributed by atoms with Gasteiger partial charge in [-0.15, -0.1) is 0 Å². The van der Waals surface area contributed by atoms with Crippen LogP contribution in [0.2, 0.25) is 0 Å². The number of aromatic nitrogens is 5. The van der Waals surface area contributed by atoms with E-state index in [1.165, 1.54) is 0 Å². The lowest BCUT2D eigenvalue weighted by atomic mass is 9.89. The average molecular weight is 917 g/mol. The fourth-order valence-electron chi connectivity index (χ4n) is 6.65. The number of hydrogen-bond donors (Lipinski definition) is 2. The summed E-state index contributed by atoms with van der Waals surface area (Å²) >= 11 is 0. The van der Waals surface area contributed by atoms with Gasteiger partial charge in [0.05, 0.1) is 51.9 Å². The normalized spacial score (nSPS) is 11.6. The molecule has 0 saturated carbocycles. The van der Waals surface area contributed by atoms with Gasteiger partial charge in [0.25, 0.3) is 5.91 Å². The molecule has 356 valence electrons. The van der Waals surface area contributed by atoms with Gasteiger partial charge >= 0.3 is 0 Å². The summed E-state index contributed by atoms with van der Waals surface area (Å²) in [7, 11) is 1.64. The van der Waals surface area contributed by atoms with E-state index in [1.807, 2.05) is 114 Å². The number of nitrogens with one attached hydrogen (secondary N) is 2. The van der Waals surface area contributed by atoms with Gasteiger partial charge in [-0.2, -0.15) is 0 Å². The van der Waals surface area contributed by atoms with E-state index < -0.39 is 10.8 Å². The van der Waals surface area contributed by atoms with Crippen LogP contribution in [-0.4, -0.2) is 107 Å². The third-order valence-electron chi connectivity index (χ3n) is 10.3. The maximum Gasteiger partial charge on any atom is 0.272 e. The lowest BCUT2D eigenvalue weighted by Gasteiger charge is -2.13. The standard InChI is InChI=1S/C30H38N4O7.C21H22N2O2.CH4/c1-30(2,3)28(35)26-20-34-19-22(5-8-27(34)33-26)31-29(36)25-18-21-17-23(6-7-24(21)32-25)41-16-15-40-14-13-39-12-11-38-10-9-37-4;1-14-5-8-16(9-6-14)18(24)11-15-7-10-19-22-17(13-23(19)12-15)20(25)21(2,3)4;/h5-8,17-20,32H,9-16H2,1-4H3,(H,31,36);5-10,12-13H,11H2,1-4H3;1H4. The number of Topliss-reactive ketones (excluding diaryl/α,β-unsaturated/α-hetero) is 3. The number of anilines is 1. The number of fused-ring (bicyclic) bond motifs is 3. The Hall–Kier alpha value is -6.52. The maximum absolute atomic E-state index is 13.0. The Morgan fingerprint density at radius 1 is 0.642 bits per heavy atom. The van der Waals surface area contributed by atoms with Crippen LogP contribution in [0.4, 0.5) is 5.69 Å². The van der Waals surface area contributed by atoms with Gasteiger partial charge in [0.2, 0.25) is 0 Å². The number of amides is 1. The zero-order chi connectivity index (χ0) is 47.4. The Morgan fingerprint density at radius 2 is 1.19 bits per heavy atom. The number of ether oxygens (including phenoxy) is 5. The minimum atomic E-state index is -0.529. The van der Waals surface area contributed by atoms with Crippen molar-refractivity contribution in [2.24, 2.45) is 10.8 Å². The van der Waals surface area contributed by atoms with E-state index in [0.29, 0.717) is 105 Å². The SMILES string of the molecule is C.COCCOCCOCCOCCOc1ccc2[nH]c(C(=O)Nc3ccc4nc(C(=O)C(C)(C)C)cn4c3)cc2c1.Cc1ccc(C(=O)Cc2ccc3nc(C(=O)C(C)(C)C)cn3c2)cc1. The Labute approximate surface area is 392 Å². The second-order valence-corrected chi connectivity index (χ2v) is 17.9. The molecule has 0 aliphatic carbocycles. The summed E-state index contributed by atoms with van der Waals surface area (Å²) in [6, 6.07) is 22.2. The molecule has 2 N–H and O–H groups in total. The van der Waals surface area contributed by atoms with Crippen LogP contribution < -0.4 is 10.1 Å². The van der Waals surface area contributed by atoms with E-state index in [4.69, 9.17) is 23.7 Å². The van der Waals surface area contributed by atoms with Crippen LogP contribution in [0.25, 0.3) is 22.2 Å². The first kappa shape index (κ1) is 51.5. The second kappa shape index (κ2) is 23.3. The Bertz CT molecular complexity index is 2770. The van der Waals surface area contributed by atoms with E-state index in [1.54, 1.807) is 48.3 Å². The number of aryl methyl sites for hydroxylation is 1. The molecule has 67 heavy (non-hydrogen) atoms. The number of methoxy groups -OCH3 is 1. The van der Waals surface area contributed by atoms with E-state index in [9.17, 15) is 19.2 Å². The lowest BCUT2D eigenvalue weighted by Crippen LogP contribution is -2.20. The fraction of sp³-hybridized carbons (Fsp3) is 0.385. The first-order chi connectivity index (χ1) is 31.5. The molecule has 0 aliphatic rings. The third-order valence-corrected chi connectivity index (χ3v) is 10.3. The number of benzene rings is 2. The molecule has 5 heterocycles. The van der Waals surface area contributed by atoms with Gasteiger partial charge in [0, 0.05) is 65.6 Å². The first-order valence-electron chi connectivity index (χ1n) is 21.9. The summed E-state index contributed by atoms with van der Waals surface area (Å²) in [6.07, 6.45) is 7.35. The summed E-state index contributed by atoms with van der Waals surface area (Å²) in [5.74, 6) is 0.440.